The molecule has 0 radical (unpaired) electrons. The van der Waals surface area contributed by atoms with E-state index in [0.717, 1.165) is 0 Å². The third kappa shape index (κ3) is 7.07. The van der Waals surface area contributed by atoms with Crippen LogP contribution in [-0.4, -0.2) is 47.2 Å². The van der Waals surface area contributed by atoms with Gasteiger partial charge in [-0.15, -0.1) is 0 Å². The molecule has 0 saturated heterocycles. The van der Waals surface area contributed by atoms with Crippen LogP contribution in [0.5, 0.6) is 0 Å². The van der Waals surface area contributed by atoms with Crippen molar-refractivity contribution in [1.29, 1.82) is 0 Å². The molecule has 4 N–H and O–H groups in total. The van der Waals surface area contributed by atoms with E-state index < -0.39 is 24.4 Å². The largest absolute Gasteiger partial charge is 0.481 e. The van der Waals surface area contributed by atoms with E-state index in [9.17, 15) is 14.4 Å². The summed E-state index contributed by atoms with van der Waals surface area (Å²) in [5.74, 6) is -2.76. The van der Waals surface area contributed by atoms with Gasteiger partial charge in [-0.3, -0.25) is 14.4 Å². The van der Waals surface area contributed by atoms with Gasteiger partial charge in [0.2, 0.25) is 5.91 Å². The molecule has 0 aromatic heterocycles. The van der Waals surface area contributed by atoms with Crippen molar-refractivity contribution in [2.24, 2.45) is 0 Å². The van der Waals surface area contributed by atoms with Gasteiger partial charge in [0.15, 0.2) is 0 Å². The number of hydrogen-bond donors (Lipinski definition) is 4. The predicted molar refractivity (Wildman–Crippen MR) is 59.5 cm³/mol. The van der Waals surface area contributed by atoms with Gasteiger partial charge in [-0.05, 0) is 6.92 Å². The number of nitrogens with one attached hydrogen (secondary N) is 2. The van der Waals surface area contributed by atoms with E-state index in [-0.39, 0.29) is 19.0 Å². The molecule has 0 rings (SSSR count). The quantitative estimate of drug-likeness (QED) is 0.328. The van der Waals surface area contributed by atoms with Gasteiger partial charge < -0.3 is 20.8 Å². The lowest BCUT2D eigenvalue weighted by Gasteiger charge is -2.12. The maximum atomic E-state index is 11.1. The van der Waals surface area contributed by atoms with E-state index in [1.807, 2.05) is 0 Å². The highest BCUT2D eigenvalue weighted by molar-refractivity contribution is 5.92. The van der Waals surface area contributed by atoms with Crippen LogP contribution in [0.4, 0.5) is 0 Å². The number of carboxylic acid groups (broad SMARTS) is 2. The van der Waals surface area contributed by atoms with Crippen LogP contribution in [-0.2, 0) is 14.4 Å². The fraction of sp³-hybridized carbons (Fsp3) is 0.500. The third-order valence-electron chi connectivity index (χ3n) is 1.87. The van der Waals surface area contributed by atoms with Crippen LogP contribution < -0.4 is 10.6 Å². The van der Waals surface area contributed by atoms with Crippen molar-refractivity contribution >= 4 is 17.8 Å². The van der Waals surface area contributed by atoms with Gasteiger partial charge in [-0.25, -0.2) is 0 Å². The second kappa shape index (κ2) is 7.39. The highest BCUT2D eigenvalue weighted by Crippen LogP contribution is 1.92. The van der Waals surface area contributed by atoms with E-state index in [4.69, 9.17) is 10.2 Å². The SMILES string of the molecule is C=C(C)C(=O)NCCN[C@@H](CC(=O)O)C(=O)O. The van der Waals surface area contributed by atoms with Gasteiger partial charge >= 0.3 is 11.9 Å². The van der Waals surface area contributed by atoms with Crippen molar-refractivity contribution in [1.82, 2.24) is 10.6 Å². The van der Waals surface area contributed by atoms with E-state index in [0.29, 0.717) is 5.57 Å². The standard InChI is InChI=1S/C10H16N2O5/c1-6(2)9(15)12-4-3-11-7(10(16)17)5-8(13)14/h7,11H,1,3-5H2,2H3,(H,12,15)(H,13,14)(H,16,17)/t7-/m0/s1. The molecule has 7 nitrogen and oxygen atoms in total. The van der Waals surface area contributed by atoms with E-state index in [1.54, 1.807) is 6.92 Å². The first kappa shape index (κ1) is 15.1. The van der Waals surface area contributed by atoms with E-state index in [1.165, 1.54) is 0 Å². The molecular weight excluding hydrogens is 228 g/mol. The Morgan fingerprint density at radius 3 is 2.24 bits per heavy atom. The number of carboxylic acids is 2. The first-order chi connectivity index (χ1) is 7.84. The van der Waals surface area contributed by atoms with Crippen LogP contribution in [0.1, 0.15) is 13.3 Å². The molecule has 0 saturated carbocycles. The zero-order valence-corrected chi connectivity index (χ0v) is 9.52. The van der Waals surface area contributed by atoms with Crippen molar-refractivity contribution < 1.29 is 24.6 Å². The van der Waals surface area contributed by atoms with E-state index in [2.05, 4.69) is 17.2 Å². The summed E-state index contributed by atoms with van der Waals surface area (Å²) in [6.07, 6.45) is -0.510. The molecule has 1 atom stereocenters. The molecule has 0 bridgehead atoms. The summed E-state index contributed by atoms with van der Waals surface area (Å²) in [5.41, 5.74) is 0.352. The second-order valence-corrected chi connectivity index (χ2v) is 3.48. The van der Waals surface area contributed by atoms with Gasteiger partial charge in [0.1, 0.15) is 6.04 Å². The monoisotopic (exact) mass is 244 g/mol. The van der Waals surface area contributed by atoms with Gasteiger partial charge in [-0.1, -0.05) is 6.58 Å². The Bertz CT molecular complexity index is 327. The van der Waals surface area contributed by atoms with Gasteiger partial charge in [-0.2, -0.15) is 0 Å². The number of rotatable bonds is 8. The molecule has 0 spiro atoms. The third-order valence-corrected chi connectivity index (χ3v) is 1.87. The summed E-state index contributed by atoms with van der Waals surface area (Å²) in [6, 6.07) is -1.16. The van der Waals surface area contributed by atoms with Crippen molar-refractivity contribution in [2.45, 2.75) is 19.4 Å². The summed E-state index contributed by atoms with van der Waals surface area (Å²) in [7, 11) is 0. The Balaban J connectivity index is 3.91. The molecule has 0 aromatic carbocycles. The maximum Gasteiger partial charge on any atom is 0.321 e. The van der Waals surface area contributed by atoms with Crippen molar-refractivity contribution in [3.05, 3.63) is 12.2 Å². The minimum absolute atomic E-state index is 0.170. The summed E-state index contributed by atoms with van der Waals surface area (Å²) >= 11 is 0. The van der Waals surface area contributed by atoms with E-state index >= 15 is 0 Å². The first-order valence-corrected chi connectivity index (χ1v) is 4.96. The molecule has 0 aliphatic heterocycles. The molecular formula is C10H16N2O5. The number of carbonyl (C=O) groups excluding carboxylic acids is 1. The Labute approximate surface area is 98.5 Å². The molecule has 96 valence electrons. The number of hydrogen-bond acceptors (Lipinski definition) is 4. The lowest BCUT2D eigenvalue weighted by Crippen LogP contribution is -2.42. The van der Waals surface area contributed by atoms with Crippen LogP contribution in [0, 0.1) is 0 Å². The molecule has 0 unspecified atom stereocenters. The molecule has 17 heavy (non-hydrogen) atoms. The summed E-state index contributed by atoms with van der Waals surface area (Å²) in [4.78, 5) is 32.1. The average molecular weight is 244 g/mol. The molecule has 0 fully saturated rings. The maximum absolute atomic E-state index is 11.1. The smallest absolute Gasteiger partial charge is 0.321 e. The van der Waals surface area contributed by atoms with Crippen LogP contribution in [0.3, 0.4) is 0 Å². The molecule has 0 aromatic rings. The topological polar surface area (TPSA) is 116 Å². The lowest BCUT2D eigenvalue weighted by molar-refractivity contribution is -0.145. The Morgan fingerprint density at radius 1 is 1.24 bits per heavy atom. The lowest BCUT2D eigenvalue weighted by atomic mass is 10.2. The van der Waals surface area contributed by atoms with Crippen LogP contribution >= 0.6 is 0 Å². The highest BCUT2D eigenvalue weighted by Gasteiger charge is 2.19. The molecule has 0 aliphatic carbocycles. The van der Waals surface area contributed by atoms with Crippen LogP contribution in [0.25, 0.3) is 0 Å². The van der Waals surface area contributed by atoms with Gasteiger partial charge in [0, 0.05) is 18.7 Å². The first-order valence-electron chi connectivity index (χ1n) is 4.96. The van der Waals surface area contributed by atoms with Gasteiger partial charge in [0.25, 0.3) is 0 Å². The average Bonchev–Trinajstić information content (AvgIpc) is 2.21. The van der Waals surface area contributed by atoms with Crippen molar-refractivity contribution in [2.75, 3.05) is 13.1 Å². The molecule has 1 amide bonds. The Kier molecular flexibility index (Phi) is 6.57. The number of carbonyl (C=O) groups is 3. The van der Waals surface area contributed by atoms with Crippen molar-refractivity contribution in [3.63, 3.8) is 0 Å². The Morgan fingerprint density at radius 2 is 1.82 bits per heavy atom. The summed E-state index contributed by atoms with van der Waals surface area (Å²) < 4.78 is 0. The zero-order valence-electron chi connectivity index (χ0n) is 9.52. The zero-order chi connectivity index (χ0) is 13.4. The predicted octanol–water partition coefficient (Wildman–Crippen LogP) is -0.804. The van der Waals surface area contributed by atoms with Crippen LogP contribution in [0.2, 0.25) is 0 Å². The van der Waals surface area contributed by atoms with Crippen LogP contribution in [0.15, 0.2) is 12.2 Å². The minimum Gasteiger partial charge on any atom is -0.481 e. The second-order valence-electron chi connectivity index (χ2n) is 3.48. The summed E-state index contributed by atoms with van der Waals surface area (Å²) in [5, 5.41) is 22.2. The minimum atomic E-state index is -1.24. The fourth-order valence-electron chi connectivity index (χ4n) is 0.995. The fourth-order valence-corrected chi connectivity index (χ4v) is 0.995. The highest BCUT2D eigenvalue weighted by atomic mass is 16.4. The number of aliphatic carboxylic acids is 2. The molecule has 0 aliphatic rings. The van der Waals surface area contributed by atoms with Crippen molar-refractivity contribution in [3.8, 4) is 0 Å². The Hall–Kier alpha value is -1.89. The van der Waals surface area contributed by atoms with Gasteiger partial charge in [0.05, 0.1) is 6.42 Å². The number of amides is 1. The summed E-state index contributed by atoms with van der Waals surface area (Å²) in [6.45, 7) is 5.35. The molecule has 7 heteroatoms. The molecule has 0 heterocycles. The normalized spacial score (nSPS) is 11.6.